The van der Waals surface area contributed by atoms with E-state index in [2.05, 4.69) is 5.32 Å². The van der Waals surface area contributed by atoms with Crippen LogP contribution in [0.2, 0.25) is 5.02 Å². The van der Waals surface area contributed by atoms with Gasteiger partial charge in [0.2, 0.25) is 0 Å². The maximum absolute atomic E-state index is 11.8. The van der Waals surface area contributed by atoms with E-state index in [9.17, 15) is 14.7 Å². The summed E-state index contributed by atoms with van der Waals surface area (Å²) in [6.45, 7) is 2.04. The SMILES string of the molecule is CCN1C(=O)NC(=Cc2ccc(O)c(Cl)c2)C1=O. The molecule has 2 rings (SSSR count). The monoisotopic (exact) mass is 266 g/mol. The largest absolute Gasteiger partial charge is 0.506 e. The van der Waals surface area contributed by atoms with E-state index in [0.29, 0.717) is 12.1 Å². The first-order valence-corrected chi connectivity index (χ1v) is 5.73. The highest BCUT2D eigenvalue weighted by Crippen LogP contribution is 2.25. The molecule has 1 aromatic carbocycles. The van der Waals surface area contributed by atoms with E-state index in [1.807, 2.05) is 0 Å². The van der Waals surface area contributed by atoms with Gasteiger partial charge in [-0.25, -0.2) is 4.79 Å². The van der Waals surface area contributed by atoms with Gasteiger partial charge in [0.15, 0.2) is 0 Å². The molecule has 1 aliphatic rings. The maximum atomic E-state index is 11.8. The molecule has 1 aliphatic heterocycles. The molecule has 1 saturated heterocycles. The van der Waals surface area contributed by atoms with Gasteiger partial charge in [-0.1, -0.05) is 17.7 Å². The lowest BCUT2D eigenvalue weighted by Crippen LogP contribution is -2.30. The van der Waals surface area contributed by atoms with E-state index in [0.717, 1.165) is 4.90 Å². The number of benzene rings is 1. The number of phenolic OH excluding ortho intramolecular Hbond substituents is 1. The van der Waals surface area contributed by atoms with Crippen LogP contribution in [-0.2, 0) is 4.79 Å². The third kappa shape index (κ3) is 2.17. The van der Waals surface area contributed by atoms with Gasteiger partial charge < -0.3 is 10.4 Å². The third-order valence-electron chi connectivity index (χ3n) is 2.56. The Bertz CT molecular complexity index is 554. The average molecular weight is 267 g/mol. The Morgan fingerprint density at radius 3 is 2.72 bits per heavy atom. The molecule has 5 nitrogen and oxygen atoms in total. The fourth-order valence-corrected chi connectivity index (χ4v) is 1.83. The van der Waals surface area contributed by atoms with E-state index in [1.165, 1.54) is 18.2 Å². The second-order valence-corrected chi connectivity index (χ2v) is 4.16. The van der Waals surface area contributed by atoms with Crippen LogP contribution in [0.3, 0.4) is 0 Å². The molecule has 0 spiro atoms. The third-order valence-corrected chi connectivity index (χ3v) is 2.86. The van der Waals surface area contributed by atoms with E-state index >= 15 is 0 Å². The van der Waals surface area contributed by atoms with Crippen molar-refractivity contribution < 1.29 is 14.7 Å². The van der Waals surface area contributed by atoms with Crippen molar-refractivity contribution >= 4 is 29.6 Å². The summed E-state index contributed by atoms with van der Waals surface area (Å²) >= 11 is 5.76. The van der Waals surface area contributed by atoms with Gasteiger partial charge in [-0.3, -0.25) is 9.69 Å². The van der Waals surface area contributed by atoms with E-state index in [1.54, 1.807) is 13.0 Å². The molecule has 0 bridgehead atoms. The van der Waals surface area contributed by atoms with Gasteiger partial charge in [0.1, 0.15) is 11.4 Å². The molecule has 18 heavy (non-hydrogen) atoms. The summed E-state index contributed by atoms with van der Waals surface area (Å²) in [6.07, 6.45) is 1.52. The van der Waals surface area contributed by atoms with Gasteiger partial charge in [-0.05, 0) is 30.7 Å². The van der Waals surface area contributed by atoms with Crippen LogP contribution in [0.4, 0.5) is 4.79 Å². The van der Waals surface area contributed by atoms with E-state index in [4.69, 9.17) is 11.6 Å². The fourth-order valence-electron chi connectivity index (χ4n) is 1.64. The van der Waals surface area contributed by atoms with Crippen molar-refractivity contribution in [2.75, 3.05) is 6.54 Å². The maximum Gasteiger partial charge on any atom is 0.328 e. The number of likely N-dealkylation sites (N-methyl/N-ethyl adjacent to an activating group) is 1. The molecule has 3 amide bonds. The van der Waals surface area contributed by atoms with Gasteiger partial charge in [0.25, 0.3) is 5.91 Å². The minimum Gasteiger partial charge on any atom is -0.506 e. The first-order chi connectivity index (χ1) is 8.52. The second kappa shape index (κ2) is 4.70. The lowest BCUT2D eigenvalue weighted by atomic mass is 10.2. The quantitative estimate of drug-likeness (QED) is 0.635. The van der Waals surface area contributed by atoms with Crippen LogP contribution in [-0.4, -0.2) is 28.5 Å². The minimum absolute atomic E-state index is 0.0317. The molecule has 0 saturated carbocycles. The summed E-state index contributed by atoms with van der Waals surface area (Å²) in [7, 11) is 0. The number of imide groups is 1. The number of amides is 3. The van der Waals surface area contributed by atoms with Crippen LogP contribution >= 0.6 is 11.6 Å². The number of urea groups is 1. The molecular formula is C12H11ClN2O3. The Balaban J connectivity index is 2.32. The summed E-state index contributed by atoms with van der Waals surface area (Å²) in [5.41, 5.74) is 0.822. The first kappa shape index (κ1) is 12.4. The van der Waals surface area contributed by atoms with Gasteiger partial charge in [0, 0.05) is 6.54 Å². The lowest BCUT2D eigenvalue weighted by Gasteiger charge is -2.06. The molecule has 6 heteroatoms. The van der Waals surface area contributed by atoms with Crippen molar-refractivity contribution in [3.63, 3.8) is 0 Å². The molecule has 0 aromatic heterocycles. The summed E-state index contributed by atoms with van der Waals surface area (Å²) in [5.74, 6) is -0.400. The fraction of sp³-hybridized carbons (Fsp3) is 0.167. The Labute approximate surface area is 109 Å². The van der Waals surface area contributed by atoms with Crippen molar-refractivity contribution in [1.82, 2.24) is 10.2 Å². The zero-order valence-corrected chi connectivity index (χ0v) is 10.4. The molecule has 0 radical (unpaired) electrons. The predicted octanol–water partition coefficient (Wildman–Crippen LogP) is 1.96. The normalized spacial score (nSPS) is 17.4. The van der Waals surface area contributed by atoms with Gasteiger partial charge in [0.05, 0.1) is 5.02 Å². The summed E-state index contributed by atoms with van der Waals surface area (Å²) in [4.78, 5) is 24.3. The Morgan fingerprint density at radius 2 is 2.17 bits per heavy atom. The average Bonchev–Trinajstić information content (AvgIpc) is 2.59. The van der Waals surface area contributed by atoms with Crippen molar-refractivity contribution in [3.8, 4) is 5.75 Å². The molecule has 1 aromatic rings. The summed E-state index contributed by atoms with van der Waals surface area (Å²) in [6, 6.07) is 4.10. The number of hydrogen-bond donors (Lipinski definition) is 2. The topological polar surface area (TPSA) is 69.6 Å². The molecule has 0 atom stereocenters. The lowest BCUT2D eigenvalue weighted by molar-refractivity contribution is -0.122. The number of nitrogens with one attached hydrogen (secondary N) is 1. The smallest absolute Gasteiger partial charge is 0.328 e. The molecule has 0 unspecified atom stereocenters. The number of halogens is 1. The highest BCUT2D eigenvalue weighted by Gasteiger charge is 2.31. The second-order valence-electron chi connectivity index (χ2n) is 3.75. The van der Waals surface area contributed by atoms with Crippen molar-refractivity contribution in [1.29, 1.82) is 0 Å². The summed E-state index contributed by atoms with van der Waals surface area (Å²) < 4.78 is 0. The zero-order chi connectivity index (χ0) is 13.3. The molecule has 0 aliphatic carbocycles. The highest BCUT2D eigenvalue weighted by molar-refractivity contribution is 6.32. The number of phenols is 1. The summed E-state index contributed by atoms with van der Waals surface area (Å²) in [5, 5.41) is 11.9. The van der Waals surface area contributed by atoms with E-state index < -0.39 is 6.03 Å². The highest BCUT2D eigenvalue weighted by atomic mass is 35.5. The molecule has 1 heterocycles. The Kier molecular flexibility index (Phi) is 3.25. The minimum atomic E-state index is -0.432. The number of carbonyl (C=O) groups excluding carboxylic acids is 2. The van der Waals surface area contributed by atoms with Crippen LogP contribution in [0, 0.1) is 0 Å². The van der Waals surface area contributed by atoms with Gasteiger partial charge >= 0.3 is 6.03 Å². The van der Waals surface area contributed by atoms with Crippen LogP contribution in [0.1, 0.15) is 12.5 Å². The predicted molar refractivity (Wildman–Crippen MR) is 67.0 cm³/mol. The van der Waals surface area contributed by atoms with Gasteiger partial charge in [-0.15, -0.1) is 0 Å². The molecule has 94 valence electrons. The Morgan fingerprint density at radius 1 is 1.44 bits per heavy atom. The standard InChI is InChI=1S/C12H11ClN2O3/c1-2-15-11(17)9(14-12(15)18)6-7-3-4-10(16)8(13)5-7/h3-6,16H,2H2,1H3,(H,14,18). The number of aromatic hydroxyl groups is 1. The van der Waals surface area contributed by atoms with Crippen molar-refractivity contribution in [3.05, 3.63) is 34.5 Å². The number of rotatable bonds is 2. The number of carbonyl (C=O) groups is 2. The zero-order valence-electron chi connectivity index (χ0n) is 9.61. The molecule has 1 fully saturated rings. The number of hydrogen-bond acceptors (Lipinski definition) is 3. The van der Waals surface area contributed by atoms with Crippen LogP contribution in [0.5, 0.6) is 5.75 Å². The first-order valence-electron chi connectivity index (χ1n) is 5.36. The Hall–Kier alpha value is -2.01. The molecular weight excluding hydrogens is 256 g/mol. The van der Waals surface area contributed by atoms with Crippen LogP contribution in [0.25, 0.3) is 6.08 Å². The number of nitrogens with zero attached hydrogens (tertiary/aromatic N) is 1. The van der Waals surface area contributed by atoms with Crippen LogP contribution < -0.4 is 5.32 Å². The van der Waals surface area contributed by atoms with Crippen LogP contribution in [0.15, 0.2) is 23.9 Å². The molecule has 2 N–H and O–H groups in total. The van der Waals surface area contributed by atoms with Crippen molar-refractivity contribution in [2.24, 2.45) is 0 Å². The van der Waals surface area contributed by atoms with E-state index in [-0.39, 0.29) is 22.4 Å². The van der Waals surface area contributed by atoms with Gasteiger partial charge in [-0.2, -0.15) is 0 Å². The van der Waals surface area contributed by atoms with Crippen molar-refractivity contribution in [2.45, 2.75) is 6.92 Å².